The third-order valence-corrected chi connectivity index (χ3v) is 4.15. The van der Waals surface area contributed by atoms with E-state index in [1.807, 2.05) is 14.0 Å². The van der Waals surface area contributed by atoms with E-state index in [-0.39, 0.29) is 12.2 Å². The summed E-state index contributed by atoms with van der Waals surface area (Å²) in [6, 6.07) is 6.47. The number of piperazine rings is 1. The Morgan fingerprint density at radius 1 is 1.30 bits per heavy atom. The summed E-state index contributed by atoms with van der Waals surface area (Å²) in [7, 11) is 2.04. The largest absolute Gasteiger partial charge is 0.481 e. The molecule has 1 atom stereocenters. The summed E-state index contributed by atoms with van der Waals surface area (Å²) < 4.78 is 14.1. The van der Waals surface area contributed by atoms with Crippen LogP contribution in [0, 0.1) is 5.82 Å². The predicted molar refractivity (Wildman–Crippen MR) is 75.1 cm³/mol. The quantitative estimate of drug-likeness (QED) is 0.913. The van der Waals surface area contributed by atoms with Crippen LogP contribution in [-0.4, -0.2) is 54.1 Å². The molecule has 1 aromatic rings. The third kappa shape index (κ3) is 2.99. The maximum Gasteiger partial charge on any atom is 0.305 e. The van der Waals surface area contributed by atoms with Gasteiger partial charge in [-0.3, -0.25) is 9.69 Å². The van der Waals surface area contributed by atoms with Gasteiger partial charge in [0.1, 0.15) is 5.82 Å². The highest BCUT2D eigenvalue weighted by Crippen LogP contribution is 2.34. The molecule has 5 heteroatoms. The SMILES string of the molecule is CN1CCN(C(C)(CC(=O)O)c2ccccc2F)CC1. The Bertz CT molecular complexity index is 487. The first-order valence-electron chi connectivity index (χ1n) is 6.84. The van der Waals surface area contributed by atoms with E-state index in [0.717, 1.165) is 26.2 Å². The summed E-state index contributed by atoms with van der Waals surface area (Å²) in [6.45, 7) is 5.04. The lowest BCUT2D eigenvalue weighted by Gasteiger charge is -2.45. The fourth-order valence-electron chi connectivity index (χ4n) is 2.87. The van der Waals surface area contributed by atoms with Crippen LogP contribution >= 0.6 is 0 Å². The number of nitrogens with zero attached hydrogens (tertiary/aromatic N) is 2. The van der Waals surface area contributed by atoms with Gasteiger partial charge in [0.25, 0.3) is 0 Å². The van der Waals surface area contributed by atoms with Crippen molar-refractivity contribution in [2.24, 2.45) is 0 Å². The number of carboxylic acids is 1. The van der Waals surface area contributed by atoms with Crippen molar-refractivity contribution in [1.29, 1.82) is 0 Å². The van der Waals surface area contributed by atoms with Crippen LogP contribution in [0.5, 0.6) is 0 Å². The molecule has 1 unspecified atom stereocenters. The van der Waals surface area contributed by atoms with Crippen LogP contribution in [0.1, 0.15) is 18.9 Å². The molecule has 0 radical (unpaired) electrons. The number of halogens is 1. The number of carbonyl (C=O) groups is 1. The molecule has 0 bridgehead atoms. The summed E-state index contributed by atoms with van der Waals surface area (Å²) in [4.78, 5) is 15.5. The van der Waals surface area contributed by atoms with Crippen LogP contribution in [-0.2, 0) is 10.3 Å². The fourth-order valence-corrected chi connectivity index (χ4v) is 2.87. The Morgan fingerprint density at radius 3 is 2.45 bits per heavy atom. The molecule has 20 heavy (non-hydrogen) atoms. The van der Waals surface area contributed by atoms with Crippen LogP contribution in [0.25, 0.3) is 0 Å². The molecule has 1 saturated heterocycles. The van der Waals surface area contributed by atoms with E-state index in [9.17, 15) is 14.3 Å². The molecule has 0 aliphatic carbocycles. The highest BCUT2D eigenvalue weighted by atomic mass is 19.1. The molecule has 2 rings (SSSR count). The monoisotopic (exact) mass is 280 g/mol. The van der Waals surface area contributed by atoms with Crippen molar-refractivity contribution in [3.05, 3.63) is 35.6 Å². The van der Waals surface area contributed by atoms with E-state index >= 15 is 0 Å². The van der Waals surface area contributed by atoms with Gasteiger partial charge in [0.15, 0.2) is 0 Å². The van der Waals surface area contributed by atoms with Gasteiger partial charge in [-0.05, 0) is 20.0 Å². The highest BCUT2D eigenvalue weighted by Gasteiger charge is 2.39. The van der Waals surface area contributed by atoms with Gasteiger partial charge >= 0.3 is 5.97 Å². The van der Waals surface area contributed by atoms with Gasteiger partial charge in [-0.1, -0.05) is 18.2 Å². The lowest BCUT2D eigenvalue weighted by Crippen LogP contribution is -2.54. The van der Waals surface area contributed by atoms with Gasteiger partial charge in [0.2, 0.25) is 0 Å². The maximum atomic E-state index is 14.1. The highest BCUT2D eigenvalue weighted by molar-refractivity contribution is 5.69. The first-order valence-corrected chi connectivity index (χ1v) is 6.84. The average molecular weight is 280 g/mol. The van der Waals surface area contributed by atoms with Gasteiger partial charge < -0.3 is 10.0 Å². The summed E-state index contributed by atoms with van der Waals surface area (Å²) in [5.74, 6) is -1.25. The van der Waals surface area contributed by atoms with E-state index in [2.05, 4.69) is 9.80 Å². The molecule has 1 aromatic carbocycles. The normalized spacial score (nSPS) is 20.6. The van der Waals surface area contributed by atoms with Crippen LogP contribution < -0.4 is 0 Å². The zero-order valence-corrected chi connectivity index (χ0v) is 12.0. The van der Waals surface area contributed by atoms with Gasteiger partial charge in [-0.2, -0.15) is 0 Å². The molecule has 4 nitrogen and oxygen atoms in total. The summed E-state index contributed by atoms with van der Waals surface area (Å²) in [5.41, 5.74) is -0.342. The Labute approximate surface area is 118 Å². The summed E-state index contributed by atoms with van der Waals surface area (Å²) >= 11 is 0. The lowest BCUT2D eigenvalue weighted by atomic mass is 9.85. The second-order valence-electron chi connectivity index (χ2n) is 5.61. The third-order valence-electron chi connectivity index (χ3n) is 4.15. The summed E-state index contributed by atoms with van der Waals surface area (Å²) in [6.07, 6.45) is -0.0996. The van der Waals surface area contributed by atoms with Gasteiger partial charge in [0.05, 0.1) is 12.0 Å². The van der Waals surface area contributed by atoms with Gasteiger partial charge in [-0.15, -0.1) is 0 Å². The second kappa shape index (κ2) is 5.89. The minimum atomic E-state index is -0.908. The van der Waals surface area contributed by atoms with Crippen molar-refractivity contribution >= 4 is 5.97 Å². The van der Waals surface area contributed by atoms with Crippen LogP contribution in [0.2, 0.25) is 0 Å². The first kappa shape index (κ1) is 14.9. The topological polar surface area (TPSA) is 43.8 Å². The van der Waals surface area contributed by atoms with Crippen LogP contribution in [0.3, 0.4) is 0 Å². The molecule has 0 saturated carbocycles. The van der Waals surface area contributed by atoms with Gasteiger partial charge in [0, 0.05) is 31.7 Å². The molecule has 1 fully saturated rings. The second-order valence-corrected chi connectivity index (χ2v) is 5.61. The minimum absolute atomic E-state index is 0.0996. The Balaban J connectivity index is 2.35. The van der Waals surface area contributed by atoms with Gasteiger partial charge in [-0.25, -0.2) is 4.39 Å². The standard InChI is InChI=1S/C15H21FN2O2/c1-15(11-14(19)20,12-5-3-4-6-13(12)16)18-9-7-17(2)8-10-18/h3-6H,7-11H2,1-2H3,(H,19,20). The van der Waals surface area contributed by atoms with Crippen molar-refractivity contribution in [2.45, 2.75) is 18.9 Å². The van der Waals surface area contributed by atoms with Crippen molar-refractivity contribution in [2.75, 3.05) is 33.2 Å². The number of hydrogen-bond donors (Lipinski definition) is 1. The van der Waals surface area contributed by atoms with Crippen molar-refractivity contribution in [3.63, 3.8) is 0 Å². The average Bonchev–Trinajstić information content (AvgIpc) is 2.39. The first-order chi connectivity index (χ1) is 9.43. The number of aliphatic carboxylic acids is 1. The molecule has 1 aliphatic heterocycles. The van der Waals surface area contributed by atoms with Crippen molar-refractivity contribution < 1.29 is 14.3 Å². The van der Waals surface area contributed by atoms with Crippen molar-refractivity contribution in [3.8, 4) is 0 Å². The van der Waals surface area contributed by atoms with Crippen LogP contribution in [0.15, 0.2) is 24.3 Å². The van der Waals surface area contributed by atoms with Crippen molar-refractivity contribution in [1.82, 2.24) is 9.80 Å². The Hall–Kier alpha value is -1.46. The number of benzene rings is 1. The molecule has 1 heterocycles. The zero-order chi connectivity index (χ0) is 14.8. The molecular weight excluding hydrogens is 259 g/mol. The lowest BCUT2D eigenvalue weighted by molar-refractivity contribution is -0.141. The van der Waals surface area contributed by atoms with E-state index in [4.69, 9.17) is 0 Å². The number of carboxylic acid groups (broad SMARTS) is 1. The minimum Gasteiger partial charge on any atom is -0.481 e. The molecule has 0 spiro atoms. The van der Waals surface area contributed by atoms with E-state index in [1.54, 1.807) is 18.2 Å². The molecule has 0 aromatic heterocycles. The fraction of sp³-hybridized carbons (Fsp3) is 0.533. The molecule has 0 amide bonds. The number of rotatable bonds is 4. The Kier molecular flexibility index (Phi) is 4.40. The summed E-state index contributed by atoms with van der Waals surface area (Å²) in [5, 5.41) is 9.22. The number of hydrogen-bond acceptors (Lipinski definition) is 3. The molecule has 1 aliphatic rings. The predicted octanol–water partition coefficient (Wildman–Crippen LogP) is 1.76. The molecule has 110 valence electrons. The van der Waals surface area contributed by atoms with Crippen LogP contribution in [0.4, 0.5) is 4.39 Å². The molecular formula is C15H21FN2O2. The smallest absolute Gasteiger partial charge is 0.305 e. The zero-order valence-electron chi connectivity index (χ0n) is 12.0. The Morgan fingerprint density at radius 2 is 1.90 bits per heavy atom. The number of likely N-dealkylation sites (N-methyl/N-ethyl adjacent to an activating group) is 1. The van der Waals surface area contributed by atoms with E-state index in [1.165, 1.54) is 6.07 Å². The van der Waals surface area contributed by atoms with E-state index < -0.39 is 11.5 Å². The maximum absolute atomic E-state index is 14.1. The molecule has 1 N–H and O–H groups in total. The van der Waals surface area contributed by atoms with E-state index in [0.29, 0.717) is 5.56 Å².